The molecule has 0 spiro atoms. The van der Waals surface area contributed by atoms with Crippen molar-refractivity contribution in [2.24, 2.45) is 0 Å². The second-order valence-electron chi connectivity index (χ2n) is 10.7. The third kappa shape index (κ3) is 7.56. The Morgan fingerprint density at radius 3 is 2.47 bits per heavy atom. The molecule has 2 heterocycles. The van der Waals surface area contributed by atoms with Crippen LogP contribution in [0.1, 0.15) is 28.2 Å². The van der Waals surface area contributed by atoms with Crippen molar-refractivity contribution in [3.8, 4) is 11.5 Å². The van der Waals surface area contributed by atoms with Crippen LogP contribution in [-0.4, -0.2) is 70.1 Å². The number of hydrogen-bond acceptors (Lipinski definition) is 7. The highest BCUT2D eigenvalue weighted by atomic mass is 32.2. The van der Waals surface area contributed by atoms with Gasteiger partial charge >= 0.3 is 0 Å². The molecule has 4 aromatic rings. The molecule has 1 saturated heterocycles. The van der Waals surface area contributed by atoms with Gasteiger partial charge in [0.15, 0.2) is 11.5 Å². The number of carbonyl (C=O) groups is 1. The molecule has 1 aliphatic heterocycles. The largest absolute Gasteiger partial charge is 0.493 e. The van der Waals surface area contributed by atoms with E-state index in [1.165, 1.54) is 4.31 Å². The lowest BCUT2D eigenvalue weighted by molar-refractivity contribution is -0.132. The van der Waals surface area contributed by atoms with Crippen LogP contribution in [-0.2, 0) is 32.5 Å². The van der Waals surface area contributed by atoms with E-state index in [1.54, 1.807) is 42.6 Å². The van der Waals surface area contributed by atoms with Crippen molar-refractivity contribution in [1.29, 1.82) is 0 Å². The Kier molecular flexibility index (Phi) is 10.0. The molecule has 5 rings (SSSR count). The molecule has 43 heavy (non-hydrogen) atoms. The fraction of sp³-hybridized carbons (Fsp3) is 0.364. The van der Waals surface area contributed by atoms with Gasteiger partial charge in [0.2, 0.25) is 15.9 Å². The third-order valence-electron chi connectivity index (χ3n) is 7.72. The van der Waals surface area contributed by atoms with Crippen molar-refractivity contribution in [1.82, 2.24) is 9.21 Å². The van der Waals surface area contributed by atoms with Gasteiger partial charge in [-0.3, -0.25) is 4.79 Å². The van der Waals surface area contributed by atoms with Crippen molar-refractivity contribution in [3.05, 3.63) is 88.1 Å². The van der Waals surface area contributed by atoms with Crippen LogP contribution in [0.15, 0.2) is 77.7 Å². The van der Waals surface area contributed by atoms with Crippen LogP contribution < -0.4 is 9.47 Å². The first kappa shape index (κ1) is 31.0. The Balaban J connectivity index is 1.41. The summed E-state index contributed by atoms with van der Waals surface area (Å²) < 4.78 is 46.1. The number of aryl methyl sites for hydroxylation is 1. The van der Waals surface area contributed by atoms with Crippen LogP contribution >= 0.6 is 11.3 Å². The standard InChI is InChI=1S/C33H38N2O6S2/c1-24-10-13-29(42-24)22-34(17-16-25-11-15-31(39-2)32(19-25)40-3)33(36)23-35(21-28-9-6-18-41-28)43(37,38)30-14-12-26-7-4-5-8-27(26)20-30/h4-5,7-8,10-15,19-20,28H,6,9,16-18,21-23H2,1-3H3/t28-/m0/s1. The Morgan fingerprint density at radius 2 is 1.77 bits per heavy atom. The highest BCUT2D eigenvalue weighted by Crippen LogP contribution is 2.28. The smallest absolute Gasteiger partial charge is 0.243 e. The molecule has 1 amide bonds. The van der Waals surface area contributed by atoms with Crippen molar-refractivity contribution >= 4 is 38.0 Å². The van der Waals surface area contributed by atoms with E-state index < -0.39 is 10.0 Å². The maximum absolute atomic E-state index is 14.1. The first-order valence-corrected chi connectivity index (χ1v) is 16.7. The molecular formula is C33H38N2O6S2. The molecule has 1 aliphatic rings. The number of amides is 1. The number of methoxy groups -OCH3 is 2. The van der Waals surface area contributed by atoms with Crippen LogP contribution in [0.2, 0.25) is 0 Å². The topological polar surface area (TPSA) is 85.4 Å². The number of ether oxygens (including phenoxy) is 3. The molecule has 0 N–H and O–H groups in total. The van der Waals surface area contributed by atoms with Gasteiger partial charge in [-0.2, -0.15) is 4.31 Å². The van der Waals surface area contributed by atoms with E-state index in [4.69, 9.17) is 14.2 Å². The van der Waals surface area contributed by atoms with E-state index >= 15 is 0 Å². The van der Waals surface area contributed by atoms with E-state index in [0.717, 1.165) is 38.9 Å². The van der Waals surface area contributed by atoms with Crippen LogP contribution in [0.4, 0.5) is 0 Å². The van der Waals surface area contributed by atoms with Crippen LogP contribution in [0.5, 0.6) is 11.5 Å². The average molecular weight is 623 g/mol. The number of fused-ring (bicyclic) bond motifs is 1. The maximum atomic E-state index is 14.1. The molecule has 1 atom stereocenters. The van der Waals surface area contributed by atoms with Gasteiger partial charge < -0.3 is 19.1 Å². The molecule has 0 radical (unpaired) electrons. The van der Waals surface area contributed by atoms with E-state index in [-0.39, 0.29) is 30.0 Å². The Hall–Kier alpha value is -3.44. The van der Waals surface area contributed by atoms with Gasteiger partial charge in [-0.05, 0) is 78.9 Å². The Bertz CT molecular complexity index is 1660. The number of rotatable bonds is 13. The molecule has 228 valence electrons. The predicted molar refractivity (Wildman–Crippen MR) is 169 cm³/mol. The average Bonchev–Trinajstić information content (AvgIpc) is 3.69. The number of carbonyl (C=O) groups excluding carboxylic acids is 1. The SMILES string of the molecule is COc1ccc(CCN(Cc2ccc(C)s2)C(=O)CN(C[C@@H]2CCCO2)S(=O)(=O)c2ccc3ccccc3c2)cc1OC. The van der Waals surface area contributed by atoms with Crippen LogP contribution in [0, 0.1) is 6.92 Å². The number of sulfonamides is 1. The van der Waals surface area contributed by atoms with E-state index in [9.17, 15) is 13.2 Å². The summed E-state index contributed by atoms with van der Waals surface area (Å²) in [5.74, 6) is 1.00. The first-order valence-electron chi connectivity index (χ1n) is 14.4. The summed E-state index contributed by atoms with van der Waals surface area (Å²) in [6, 6.07) is 22.5. The zero-order valence-electron chi connectivity index (χ0n) is 24.8. The lowest BCUT2D eigenvalue weighted by Gasteiger charge is -2.28. The van der Waals surface area contributed by atoms with Gasteiger partial charge in [-0.25, -0.2) is 8.42 Å². The number of thiophene rings is 1. The summed E-state index contributed by atoms with van der Waals surface area (Å²) in [6.45, 7) is 3.29. The Labute approximate surface area is 257 Å². The van der Waals surface area contributed by atoms with E-state index in [0.29, 0.717) is 37.6 Å². The minimum atomic E-state index is -3.98. The molecular weight excluding hydrogens is 585 g/mol. The summed E-state index contributed by atoms with van der Waals surface area (Å²) >= 11 is 1.63. The summed E-state index contributed by atoms with van der Waals surface area (Å²) in [4.78, 5) is 18.1. The van der Waals surface area contributed by atoms with Crippen molar-refractivity contribution in [2.45, 2.75) is 43.7 Å². The molecule has 1 fully saturated rings. The first-order chi connectivity index (χ1) is 20.8. The fourth-order valence-electron chi connectivity index (χ4n) is 5.34. The highest BCUT2D eigenvalue weighted by molar-refractivity contribution is 7.89. The van der Waals surface area contributed by atoms with Gasteiger partial charge in [-0.15, -0.1) is 11.3 Å². The normalized spacial score (nSPS) is 15.2. The Morgan fingerprint density at radius 1 is 0.977 bits per heavy atom. The second kappa shape index (κ2) is 13.9. The quantitative estimate of drug-likeness (QED) is 0.191. The van der Waals surface area contributed by atoms with Gasteiger partial charge in [0.25, 0.3) is 0 Å². The molecule has 0 saturated carbocycles. The molecule has 0 aliphatic carbocycles. The van der Waals surface area contributed by atoms with E-state index in [1.807, 2.05) is 67.6 Å². The van der Waals surface area contributed by atoms with Gasteiger partial charge in [0.1, 0.15) is 0 Å². The molecule has 8 nitrogen and oxygen atoms in total. The number of hydrogen-bond donors (Lipinski definition) is 0. The van der Waals surface area contributed by atoms with Gasteiger partial charge in [-0.1, -0.05) is 36.4 Å². The van der Waals surface area contributed by atoms with Crippen LogP contribution in [0.3, 0.4) is 0 Å². The molecule has 10 heteroatoms. The summed E-state index contributed by atoms with van der Waals surface area (Å²) in [6.07, 6.45) is 1.95. The molecule has 3 aromatic carbocycles. The minimum Gasteiger partial charge on any atom is -0.493 e. The van der Waals surface area contributed by atoms with Gasteiger partial charge in [0.05, 0.1) is 38.3 Å². The van der Waals surface area contributed by atoms with Crippen molar-refractivity contribution in [3.63, 3.8) is 0 Å². The molecule has 0 bridgehead atoms. The van der Waals surface area contributed by atoms with Crippen LogP contribution in [0.25, 0.3) is 10.8 Å². The number of benzene rings is 3. The zero-order chi connectivity index (χ0) is 30.4. The monoisotopic (exact) mass is 622 g/mol. The van der Waals surface area contributed by atoms with Gasteiger partial charge in [0, 0.05) is 29.5 Å². The second-order valence-corrected chi connectivity index (χ2v) is 14.0. The van der Waals surface area contributed by atoms with E-state index in [2.05, 4.69) is 0 Å². The zero-order valence-corrected chi connectivity index (χ0v) is 26.5. The maximum Gasteiger partial charge on any atom is 0.243 e. The lowest BCUT2D eigenvalue weighted by atomic mass is 10.1. The molecule has 0 unspecified atom stereocenters. The van der Waals surface area contributed by atoms with Crippen molar-refractivity contribution < 1.29 is 27.4 Å². The predicted octanol–water partition coefficient (Wildman–Crippen LogP) is 5.67. The fourth-order valence-corrected chi connectivity index (χ4v) is 7.70. The lowest BCUT2D eigenvalue weighted by Crippen LogP contribution is -2.45. The summed E-state index contributed by atoms with van der Waals surface area (Å²) in [5, 5.41) is 1.78. The summed E-state index contributed by atoms with van der Waals surface area (Å²) in [5.41, 5.74) is 0.984. The summed E-state index contributed by atoms with van der Waals surface area (Å²) in [7, 11) is -0.798. The molecule has 1 aromatic heterocycles. The van der Waals surface area contributed by atoms with Crippen molar-refractivity contribution in [2.75, 3.05) is 40.5 Å². The minimum absolute atomic E-state index is 0.128. The third-order valence-corrected chi connectivity index (χ3v) is 10.5. The highest BCUT2D eigenvalue weighted by Gasteiger charge is 2.32. The number of nitrogens with zero attached hydrogens (tertiary/aromatic N) is 2.